The minimum Gasteiger partial charge on any atom is -0.544 e. The van der Waals surface area contributed by atoms with E-state index in [4.69, 9.17) is 49.4 Å². The number of carbonyl (C=O) groups excluding carboxylic acids is 14. The third-order valence-corrected chi connectivity index (χ3v) is 9.77. The SMILES string of the molecule is CC(=O)N[C@@H](CC(=O)OCc1ccccc1)C(=O)N[C@@H](CC(=O)OC(C)(C)C)C(=O)NCCOCCN=[N+]=[N-].CC(=O)OC(C)=O.CC(C)(C)OC(=O)C[C@@H]1NC(=O)OC1=O.O=C(C[C@@H]1NC(=O)OC1=O)OCc1ccccc1.O=C([O-])C(F)F.[N-]=[N+]=NCCOCC[NH3+]. The number of benzene rings is 2. The van der Waals surface area contributed by atoms with Crippen LogP contribution >= 0.6 is 0 Å². The van der Waals surface area contributed by atoms with Gasteiger partial charge in [0.15, 0.2) is 0 Å². The number of esters is 8. The van der Waals surface area contributed by atoms with Gasteiger partial charge in [0.05, 0.1) is 58.7 Å². The highest BCUT2D eigenvalue weighted by molar-refractivity contribution is 5.98. The van der Waals surface area contributed by atoms with E-state index >= 15 is 0 Å². The molecule has 38 heteroatoms. The molecule has 2 heterocycles. The van der Waals surface area contributed by atoms with Gasteiger partial charge in [-0.1, -0.05) is 70.9 Å². The van der Waals surface area contributed by atoms with E-state index in [1.165, 1.54) is 20.8 Å². The zero-order valence-corrected chi connectivity index (χ0v) is 53.0. The standard InChI is InChI=1S/C25H36N6O8.C12H11NO5.C9H13NO5.C4H10N4O.C4H6O3.C2H2F2O2/c1-17(32)29-20(14-21(33)38-16-18-8-6-5-7-9-18)24(36)30-19(15-22(34)39-25(2,3)4)23(35)27-10-12-37-13-11-28-31-26;14-10(6-9-11(15)18-12(16)13-9)17-7-8-4-2-1-3-5-8;1-9(2,3)15-6(11)4-5-7(12)14-8(13)10-5;5-1-3-9-4-2-7-8-6;1-3(5)7-4(2)6;3-1(4)2(5)6/h5-9,19-20H,10-16H2,1-4H3,(H,27,35)(H,29,32)(H,30,36);1-5,9H,6-7H2,(H,13,16);5H,4H2,1-3H3,(H,10,13);1-5H2;1-2H3;1H,(H,5,6)/t19-,20-;9-;5-;;;/m000.../s1. The van der Waals surface area contributed by atoms with Crippen LogP contribution in [0.4, 0.5) is 18.4 Å². The normalized spacial score (nSPS) is 13.8. The molecule has 5 amide bonds. The number of carboxylic acids is 1. The third kappa shape index (κ3) is 48.4. The second kappa shape index (κ2) is 48.4. The van der Waals surface area contributed by atoms with Crippen LogP contribution in [-0.2, 0) is 113 Å². The van der Waals surface area contributed by atoms with Gasteiger partial charge in [0.2, 0.25) is 17.7 Å². The van der Waals surface area contributed by atoms with E-state index in [-0.39, 0.29) is 52.4 Å². The summed E-state index contributed by atoms with van der Waals surface area (Å²) >= 11 is 0. The molecular weight excluding hydrogens is 1260 g/mol. The zero-order valence-electron chi connectivity index (χ0n) is 53.0. The quantitative estimate of drug-likeness (QED) is 0.0132. The van der Waals surface area contributed by atoms with Crippen molar-refractivity contribution in [3.63, 3.8) is 0 Å². The first-order chi connectivity index (χ1) is 44.0. The lowest BCUT2D eigenvalue weighted by molar-refractivity contribution is -0.374. The van der Waals surface area contributed by atoms with Crippen LogP contribution in [0.1, 0.15) is 99.1 Å². The van der Waals surface area contributed by atoms with Gasteiger partial charge in [-0.3, -0.25) is 43.2 Å². The van der Waals surface area contributed by atoms with Crippen molar-refractivity contribution in [2.45, 2.75) is 143 Å². The summed E-state index contributed by atoms with van der Waals surface area (Å²) in [6.07, 6.45) is -6.44. The molecule has 0 aliphatic carbocycles. The number of azide groups is 2. The van der Waals surface area contributed by atoms with Crippen molar-refractivity contribution in [3.05, 3.63) is 92.7 Å². The lowest BCUT2D eigenvalue weighted by Crippen LogP contribution is -2.55. The van der Waals surface area contributed by atoms with Crippen LogP contribution in [0, 0.1) is 0 Å². The maximum atomic E-state index is 13.0. The molecule has 0 saturated carbocycles. The van der Waals surface area contributed by atoms with Gasteiger partial charge in [-0.15, -0.1) is 0 Å². The van der Waals surface area contributed by atoms with Gasteiger partial charge in [-0.2, -0.15) is 0 Å². The Labute approximate surface area is 536 Å². The Hall–Kier alpha value is -10.4. The van der Waals surface area contributed by atoms with Crippen LogP contribution in [0.5, 0.6) is 0 Å². The van der Waals surface area contributed by atoms with E-state index in [9.17, 15) is 71.1 Å². The summed E-state index contributed by atoms with van der Waals surface area (Å²) in [7, 11) is 0. The molecule has 2 fully saturated rings. The molecule has 2 aliphatic rings. The molecule has 520 valence electrons. The smallest absolute Gasteiger partial charge is 0.415 e. The van der Waals surface area contributed by atoms with Crippen LogP contribution < -0.4 is 37.4 Å². The highest BCUT2D eigenvalue weighted by Gasteiger charge is 2.36. The number of nitrogens with one attached hydrogen (secondary N) is 5. The Morgan fingerprint density at radius 1 is 0.617 bits per heavy atom. The van der Waals surface area contributed by atoms with Crippen LogP contribution in [0.2, 0.25) is 0 Å². The van der Waals surface area contributed by atoms with Gasteiger partial charge in [-0.05, 0) is 63.7 Å². The maximum absolute atomic E-state index is 13.0. The second-order valence-corrected chi connectivity index (χ2v) is 20.4. The molecule has 2 aromatic rings. The van der Waals surface area contributed by atoms with E-state index in [0.717, 1.165) is 17.7 Å². The highest BCUT2D eigenvalue weighted by Crippen LogP contribution is 2.14. The molecular formula is C56H78F2N12O24. The van der Waals surface area contributed by atoms with Crippen molar-refractivity contribution in [3.8, 4) is 0 Å². The Balaban J connectivity index is 0. The molecule has 94 heavy (non-hydrogen) atoms. The summed E-state index contributed by atoms with van der Waals surface area (Å²) < 4.78 is 64.0. The maximum Gasteiger partial charge on any atom is 0.415 e. The molecule has 2 saturated heterocycles. The Morgan fingerprint density at radius 3 is 1.39 bits per heavy atom. The second-order valence-electron chi connectivity index (χ2n) is 20.4. The predicted molar refractivity (Wildman–Crippen MR) is 313 cm³/mol. The topological polar surface area (TPSA) is 530 Å². The first-order valence-electron chi connectivity index (χ1n) is 27.9. The number of rotatable bonds is 28. The molecule has 36 nitrogen and oxygen atoms in total. The first-order valence-corrected chi connectivity index (χ1v) is 27.9. The van der Waals surface area contributed by atoms with Crippen molar-refractivity contribution >= 4 is 83.6 Å². The van der Waals surface area contributed by atoms with Gasteiger partial charge in [0.25, 0.3) is 6.43 Å². The number of aliphatic carboxylic acids is 1. The Morgan fingerprint density at radius 2 is 1.02 bits per heavy atom. The van der Waals surface area contributed by atoms with Crippen LogP contribution in [0.3, 0.4) is 0 Å². The van der Waals surface area contributed by atoms with Crippen molar-refractivity contribution in [2.75, 3.05) is 52.6 Å². The largest absolute Gasteiger partial charge is 0.544 e. The minimum atomic E-state index is -3.34. The van der Waals surface area contributed by atoms with Crippen molar-refractivity contribution < 1.29 is 129 Å². The summed E-state index contributed by atoms with van der Waals surface area (Å²) in [5, 5.41) is 27.2. The number of ether oxygens (including phenoxy) is 9. The van der Waals surface area contributed by atoms with Crippen molar-refractivity contribution in [2.24, 2.45) is 10.2 Å². The van der Waals surface area contributed by atoms with Crippen molar-refractivity contribution in [1.29, 1.82) is 0 Å². The number of alkyl carbamates (subject to hydrolysis) is 2. The van der Waals surface area contributed by atoms with Crippen LogP contribution in [0.25, 0.3) is 20.9 Å². The summed E-state index contributed by atoms with van der Waals surface area (Å²) in [5.41, 5.74) is 19.8. The Bertz CT molecular complexity index is 2890. The van der Waals surface area contributed by atoms with E-state index < -0.39 is 138 Å². The number of carboxylic acid groups (broad SMARTS) is 1. The first kappa shape index (κ1) is 85.6. The van der Waals surface area contributed by atoms with Crippen LogP contribution in [-0.4, -0.2) is 178 Å². The molecule has 2 aromatic carbocycles. The third-order valence-electron chi connectivity index (χ3n) is 9.77. The van der Waals surface area contributed by atoms with E-state index in [2.05, 4.69) is 66.6 Å². The average molecular weight is 1340 g/mol. The fraction of sp³-hybridized carbons (Fsp3) is 0.536. The monoisotopic (exact) mass is 1340 g/mol. The van der Waals surface area contributed by atoms with Gasteiger partial charge in [0, 0.05) is 50.2 Å². The fourth-order valence-corrected chi connectivity index (χ4v) is 6.20. The number of nitrogens with zero attached hydrogens (tertiary/aromatic N) is 6. The van der Waals surface area contributed by atoms with Gasteiger partial charge < -0.3 is 84.9 Å². The molecule has 0 spiro atoms. The molecule has 4 rings (SSSR count). The number of alkyl halides is 2. The lowest BCUT2D eigenvalue weighted by Gasteiger charge is -2.24. The number of quaternary nitrogens is 1. The lowest BCUT2D eigenvalue weighted by atomic mass is 10.1. The Kier molecular flexibility index (Phi) is 44.1. The van der Waals surface area contributed by atoms with Crippen LogP contribution in [0.15, 0.2) is 70.9 Å². The summed E-state index contributed by atoms with van der Waals surface area (Å²) in [6, 6.07) is 13.5. The zero-order chi connectivity index (χ0) is 71.8. The summed E-state index contributed by atoms with van der Waals surface area (Å²) in [5.74, 6) is -9.72. The predicted octanol–water partition coefficient (Wildman–Crippen LogP) is 1.05. The summed E-state index contributed by atoms with van der Waals surface area (Å²) in [4.78, 5) is 162. The number of hydrogen-bond acceptors (Lipinski definition) is 26. The highest BCUT2D eigenvalue weighted by atomic mass is 19.3. The molecule has 0 unspecified atom stereocenters. The van der Waals surface area contributed by atoms with Gasteiger partial charge in [0.1, 0.15) is 54.6 Å². The number of cyclic esters (lactones) is 4. The molecule has 2 aliphatic heterocycles. The molecule has 8 N–H and O–H groups in total. The number of carbonyl (C=O) groups is 14. The van der Waals surface area contributed by atoms with Gasteiger partial charge in [-0.25, -0.2) is 28.0 Å². The van der Waals surface area contributed by atoms with Crippen molar-refractivity contribution in [1.82, 2.24) is 26.6 Å². The average Bonchev–Trinajstić information content (AvgIpc) is 1.61. The van der Waals surface area contributed by atoms with E-state index in [1.54, 1.807) is 65.8 Å². The molecule has 0 radical (unpaired) electrons. The van der Waals surface area contributed by atoms with Gasteiger partial charge >= 0.3 is 59.9 Å². The minimum absolute atomic E-state index is 0.0251. The molecule has 0 bridgehead atoms. The number of amides is 5. The number of halogens is 2. The van der Waals surface area contributed by atoms with E-state index in [0.29, 0.717) is 19.8 Å². The summed E-state index contributed by atoms with van der Waals surface area (Å²) in [6.45, 7) is 16.5. The van der Waals surface area contributed by atoms with E-state index in [1.807, 2.05) is 36.4 Å². The number of hydrogen-bond donors (Lipinski definition) is 6. The molecule has 4 atom stereocenters. The fourth-order valence-electron chi connectivity index (χ4n) is 6.20. The molecule has 0 aromatic heterocycles.